The molecule has 25 heteroatoms. The van der Waals surface area contributed by atoms with E-state index in [1.165, 1.54) is 32.4 Å². The van der Waals surface area contributed by atoms with E-state index in [4.69, 9.17) is 52.5 Å². The fourth-order valence-electron chi connectivity index (χ4n) is 6.47. The molecule has 3 aromatic heterocycles. The third-order valence-electron chi connectivity index (χ3n) is 8.97. The minimum Gasteiger partial charge on any atom is -0.455 e. The monoisotopic (exact) mass is 1050 g/mol. The Labute approximate surface area is 418 Å². The molecule has 0 atom stereocenters. The van der Waals surface area contributed by atoms with Crippen molar-refractivity contribution in [1.29, 1.82) is 5.53 Å². The number of hydrogen-bond donors (Lipinski definition) is 3. The molecule has 3 N–H and O–H groups in total. The van der Waals surface area contributed by atoms with Gasteiger partial charge < -0.3 is 28.7 Å². The van der Waals surface area contributed by atoms with E-state index in [2.05, 4.69) is 134 Å². The van der Waals surface area contributed by atoms with Gasteiger partial charge in [-0.25, -0.2) is 0 Å². The fourth-order valence-corrected chi connectivity index (χ4v) is 7.21. The zero-order valence-corrected chi connectivity index (χ0v) is 41.0. The van der Waals surface area contributed by atoms with Crippen LogP contribution in [0, 0.1) is 40.0 Å². The zero-order chi connectivity index (χ0) is 46.7. The molecule has 0 aliphatic carbocycles. The first-order chi connectivity index (χ1) is 31.6. The van der Waals surface area contributed by atoms with E-state index in [0.29, 0.717) is 0 Å². The summed E-state index contributed by atoms with van der Waals surface area (Å²) in [4.78, 5) is 21.8. The van der Waals surface area contributed by atoms with Crippen LogP contribution in [0.4, 0.5) is 11.4 Å². The van der Waals surface area contributed by atoms with Crippen LogP contribution in [0.5, 0.6) is 0 Å². The number of hydrogen-bond acceptors (Lipinski definition) is 10. The molecule has 66 heavy (non-hydrogen) atoms. The van der Waals surface area contributed by atoms with Crippen LogP contribution in [0.3, 0.4) is 0 Å². The van der Waals surface area contributed by atoms with Gasteiger partial charge in [-0.3, -0.25) is 9.63 Å². The van der Waals surface area contributed by atoms with Gasteiger partial charge in [-0.2, -0.15) is 5.53 Å². The predicted octanol–water partition coefficient (Wildman–Crippen LogP) is 13.1. The summed E-state index contributed by atoms with van der Waals surface area (Å²) >= 11 is 12.7. The topological polar surface area (TPSA) is 293 Å². The van der Waals surface area contributed by atoms with Gasteiger partial charge in [0.1, 0.15) is 22.3 Å². The maximum absolute atomic E-state index is 11.2. The largest absolute Gasteiger partial charge is 1.00 e. The van der Waals surface area contributed by atoms with Crippen molar-refractivity contribution in [2.45, 2.75) is 27.7 Å². The van der Waals surface area contributed by atoms with Crippen LogP contribution in [0.15, 0.2) is 185 Å². The molecule has 0 bridgehead atoms. The predicted molar refractivity (Wildman–Crippen MR) is 256 cm³/mol. The molecule has 0 aliphatic rings. The molecule has 0 aliphatic heterocycles. The van der Waals surface area contributed by atoms with Crippen LogP contribution in [0.25, 0.3) is 65.8 Å². The van der Waals surface area contributed by atoms with Gasteiger partial charge in [-0.05, 0) is 149 Å². The van der Waals surface area contributed by atoms with Crippen LogP contribution < -0.4 is 39.7 Å². The number of aryl methyl sites for hydroxylation is 3. The maximum Gasteiger partial charge on any atom is 1.00 e. The van der Waals surface area contributed by atoms with Crippen molar-refractivity contribution in [3.63, 3.8) is 0 Å². The number of anilines is 2. The van der Waals surface area contributed by atoms with Crippen LogP contribution in [0.1, 0.15) is 23.6 Å². The van der Waals surface area contributed by atoms with Gasteiger partial charge >= 0.3 is 29.6 Å². The van der Waals surface area contributed by atoms with Gasteiger partial charge in [-0.1, -0.05) is 77.4 Å². The van der Waals surface area contributed by atoms with Crippen LogP contribution >= 0.6 is 46.1 Å². The quantitative estimate of drug-likeness (QED) is 0.0346. The summed E-state index contributed by atoms with van der Waals surface area (Å²) in [5, 5.41) is 47.2. The van der Waals surface area contributed by atoms with Crippen molar-refractivity contribution in [2.24, 2.45) is 62.2 Å². The van der Waals surface area contributed by atoms with E-state index in [9.17, 15) is 4.79 Å². The Morgan fingerprint density at radius 1 is 0.591 bits per heavy atom. The molecule has 330 valence electrons. The minimum absolute atomic E-state index is 0. The van der Waals surface area contributed by atoms with Crippen molar-refractivity contribution in [3.8, 4) is 0 Å². The molecule has 0 unspecified atom stereocenters. The van der Waals surface area contributed by atoms with Crippen molar-refractivity contribution in [2.75, 3.05) is 10.2 Å². The first-order valence-electron chi connectivity index (χ1n) is 18.5. The maximum atomic E-state index is 11.2. The smallest absolute Gasteiger partial charge is 0.455 e. The van der Waals surface area contributed by atoms with Crippen molar-refractivity contribution >= 4 is 129 Å². The molecular formula is C41H33Cl2IN15NaO6. The number of carbonyl (C=O) groups is 1. The van der Waals surface area contributed by atoms with E-state index in [1.54, 1.807) is 0 Å². The summed E-state index contributed by atoms with van der Waals surface area (Å²) in [7, 11) is 0. The number of nitrogens with zero attached hydrogens (tertiary/aromatic N) is 12. The summed E-state index contributed by atoms with van der Waals surface area (Å²) in [5.74, 6) is -0.0967. The number of para-hydroxylation sites is 3. The van der Waals surface area contributed by atoms with Crippen LogP contribution in [-0.2, 0) is 4.79 Å². The van der Waals surface area contributed by atoms with Crippen LogP contribution in [-0.4, -0.2) is 5.91 Å². The molecule has 3 heterocycles. The molecule has 0 saturated heterocycles. The van der Waals surface area contributed by atoms with E-state index < -0.39 is 0 Å². The molecule has 1 amide bonds. The van der Waals surface area contributed by atoms with Gasteiger partial charge in [0.15, 0.2) is 11.2 Å². The molecule has 0 saturated carbocycles. The Bertz CT molecular complexity index is 3270. The van der Waals surface area contributed by atoms with Crippen molar-refractivity contribution < 1.29 is 47.6 Å². The second-order valence-corrected chi connectivity index (χ2v) is 14.5. The number of furan rings is 3. The molecule has 9 aromatic rings. The Hall–Kier alpha value is -6.70. The zero-order valence-electron chi connectivity index (χ0n) is 35.3. The van der Waals surface area contributed by atoms with Gasteiger partial charge in [0.25, 0.3) is 0 Å². The number of rotatable bonds is 7. The molecule has 0 spiro atoms. The van der Waals surface area contributed by atoms with Crippen molar-refractivity contribution in [3.05, 3.63) is 140 Å². The molecular weight excluding hydrogens is 1020 g/mol. The molecule has 0 radical (unpaired) electrons. The van der Waals surface area contributed by atoms with E-state index >= 15 is 0 Å². The van der Waals surface area contributed by atoms with Crippen molar-refractivity contribution in [1.82, 2.24) is 0 Å². The number of carbonyl (C=O) groups excluding carboxylic acids is 1. The third-order valence-corrected chi connectivity index (χ3v) is 10.1. The number of amides is 1. The normalized spacial score (nSPS) is 11.1. The Morgan fingerprint density at radius 3 is 1.38 bits per heavy atom. The second-order valence-electron chi connectivity index (χ2n) is 13.0. The standard InChI is InChI=1S/C15H13NO2.C13H10ClNO.C13H9IO.ClHN12.HNO2.Na/c1-9-7-8-12(16-10(2)17)15-14(9)11-5-3-4-6-13(11)18-15;1-8-6-7-10(15-14)13-12(8)9-4-2-3-5-11(9)16-13;1-8-6-7-10(14)13-12(8)9-4-2-3-5-11(9)15-13;1-3-5-7-9-11-13-12-10-8-6-4-2;2-1-3;/h3-8H,1-2H3,(H,16,17);2-7,15H,1H3;2-7H,1H3;2H;(H,2,3);/q;;;;;+1/p-1/b;;;4-2?,5-3?,8-6+,9-7+,12-10+,13-11+;;. The summed E-state index contributed by atoms with van der Waals surface area (Å²) in [5.41, 5.74) is 16.5. The number of fused-ring (bicyclic) bond motifs is 9. The number of halogens is 3. The summed E-state index contributed by atoms with van der Waals surface area (Å²) in [6.45, 7) is 7.73. The summed E-state index contributed by atoms with van der Waals surface area (Å²) < 4.78 is 21.4. The number of nitrogens with one attached hydrogen (secondary N) is 3. The average Bonchev–Trinajstić information content (AvgIpc) is 4.03. The average molecular weight is 1050 g/mol. The second kappa shape index (κ2) is 26.3. The number of benzene rings is 6. The fraction of sp³-hybridized carbons (Fsp3) is 0.0976. The first-order valence-corrected chi connectivity index (χ1v) is 20.3. The Balaban J connectivity index is 0.000000189. The van der Waals surface area contributed by atoms with Gasteiger partial charge in [0.05, 0.1) is 26.7 Å². The summed E-state index contributed by atoms with van der Waals surface area (Å²) in [6, 6.07) is 36.2. The Morgan fingerprint density at radius 2 is 0.955 bits per heavy atom. The van der Waals surface area contributed by atoms with Gasteiger partial charge in [0.2, 0.25) is 5.91 Å². The van der Waals surface area contributed by atoms with E-state index in [-0.39, 0.29) is 35.5 Å². The molecule has 0 fully saturated rings. The minimum atomic E-state index is -0.0967. The molecule has 9 rings (SSSR count). The van der Waals surface area contributed by atoms with Crippen LogP contribution in [0.2, 0.25) is 0 Å². The first kappa shape index (κ1) is 51.9. The van der Waals surface area contributed by atoms with Gasteiger partial charge in [0, 0.05) is 51.0 Å². The summed E-state index contributed by atoms with van der Waals surface area (Å²) in [6.07, 6.45) is 0. The third kappa shape index (κ3) is 13.2. The van der Waals surface area contributed by atoms with E-state index in [0.717, 1.165) is 77.3 Å². The molecule has 6 aromatic carbocycles. The Kier molecular flexibility index (Phi) is 20.7. The molecule has 21 nitrogen and oxygen atoms in total. The SMILES string of the molecule is CC(=O)Nc1ccc(C)c2c1oc1ccccc12.Cc1ccc(I)c2oc3ccccc3c12.Cc1ccc(NCl)c2oc3ccccc3c12.N=N/N=N/N=N/N=N/N=N/N=NCl.O=N[O-].[Na+]. The van der Waals surface area contributed by atoms with Gasteiger partial charge in [-0.15, -0.1) is 5.34 Å². The van der Waals surface area contributed by atoms with E-state index in [1.807, 2.05) is 85.8 Å².